The fourth-order valence-electron chi connectivity index (χ4n) is 2.56. The molecule has 1 unspecified atom stereocenters. The Kier molecular flexibility index (Phi) is 5.70. The molecule has 0 saturated carbocycles. The first-order valence-electron chi connectivity index (χ1n) is 7.37. The van der Waals surface area contributed by atoms with Gasteiger partial charge >= 0.3 is 5.97 Å². The molecule has 23 heavy (non-hydrogen) atoms. The molecule has 2 rings (SSSR count). The Balaban J connectivity index is 2.00. The first-order valence-corrected chi connectivity index (χ1v) is 7.37. The highest BCUT2D eigenvalue weighted by Crippen LogP contribution is 2.20. The van der Waals surface area contributed by atoms with E-state index in [9.17, 15) is 19.5 Å². The first kappa shape index (κ1) is 17.0. The molecule has 1 saturated heterocycles. The Hall–Kier alpha value is -2.41. The number of carboxylic acids is 1. The normalized spacial score (nSPS) is 18.7. The van der Waals surface area contributed by atoms with Crippen LogP contribution in [-0.2, 0) is 19.1 Å². The van der Waals surface area contributed by atoms with Gasteiger partial charge < -0.3 is 20.1 Å². The number of rotatable bonds is 7. The summed E-state index contributed by atoms with van der Waals surface area (Å²) >= 11 is 0. The van der Waals surface area contributed by atoms with Gasteiger partial charge in [-0.3, -0.25) is 9.59 Å². The minimum absolute atomic E-state index is 0.0939. The molecule has 1 aromatic rings. The topological polar surface area (TPSA) is 95.9 Å². The van der Waals surface area contributed by atoms with Crippen molar-refractivity contribution in [3.05, 3.63) is 35.9 Å². The second kappa shape index (κ2) is 7.73. The standard InChI is InChI=1S/C16H20N2O5/c1-23-8-7-18-10-12(9-13(18)19)15(20)17-14(16(21)22)11-5-3-2-4-6-11/h2-6,12,14H,7-10H2,1H3,(H,17,20)(H,21,22)/t12?,14-/m0/s1. The number of carbonyl (C=O) groups is 3. The van der Waals surface area contributed by atoms with Crippen molar-refractivity contribution in [2.75, 3.05) is 26.8 Å². The largest absolute Gasteiger partial charge is 0.479 e. The number of amides is 2. The molecular formula is C16H20N2O5. The summed E-state index contributed by atoms with van der Waals surface area (Å²) in [6.07, 6.45) is 0.0939. The summed E-state index contributed by atoms with van der Waals surface area (Å²) in [5.41, 5.74) is 0.494. The fraction of sp³-hybridized carbons (Fsp3) is 0.438. The summed E-state index contributed by atoms with van der Waals surface area (Å²) in [5.74, 6) is -2.21. The third kappa shape index (κ3) is 4.29. The molecule has 0 spiro atoms. The second-order valence-corrected chi connectivity index (χ2v) is 5.42. The van der Waals surface area contributed by atoms with Crippen molar-refractivity contribution >= 4 is 17.8 Å². The van der Waals surface area contributed by atoms with E-state index in [2.05, 4.69) is 5.32 Å². The first-order chi connectivity index (χ1) is 11.0. The molecule has 2 atom stereocenters. The summed E-state index contributed by atoms with van der Waals surface area (Å²) in [5, 5.41) is 11.9. The van der Waals surface area contributed by atoms with E-state index in [1.807, 2.05) is 0 Å². The smallest absolute Gasteiger partial charge is 0.330 e. The van der Waals surface area contributed by atoms with Crippen molar-refractivity contribution in [2.24, 2.45) is 5.92 Å². The molecule has 0 aromatic heterocycles. The van der Waals surface area contributed by atoms with Crippen LogP contribution in [0.1, 0.15) is 18.0 Å². The Bertz CT molecular complexity index is 575. The maximum absolute atomic E-state index is 12.3. The summed E-state index contributed by atoms with van der Waals surface area (Å²) in [6.45, 7) is 1.12. The van der Waals surface area contributed by atoms with E-state index in [1.165, 1.54) is 0 Å². The number of likely N-dealkylation sites (tertiary alicyclic amines) is 1. The minimum atomic E-state index is -1.13. The third-order valence-corrected chi connectivity index (χ3v) is 3.82. The van der Waals surface area contributed by atoms with Gasteiger partial charge in [-0.15, -0.1) is 0 Å². The third-order valence-electron chi connectivity index (χ3n) is 3.82. The number of carbonyl (C=O) groups excluding carboxylic acids is 2. The van der Waals surface area contributed by atoms with Gasteiger partial charge in [0.15, 0.2) is 6.04 Å². The Morgan fingerprint density at radius 1 is 1.39 bits per heavy atom. The lowest BCUT2D eigenvalue weighted by molar-refractivity contribution is -0.142. The molecule has 2 N–H and O–H groups in total. The van der Waals surface area contributed by atoms with E-state index in [4.69, 9.17) is 4.74 Å². The number of hydrogen-bond donors (Lipinski definition) is 2. The SMILES string of the molecule is COCCN1CC(C(=O)N[C@H](C(=O)O)c2ccccc2)CC1=O. The zero-order valence-corrected chi connectivity index (χ0v) is 12.9. The average molecular weight is 320 g/mol. The van der Waals surface area contributed by atoms with Gasteiger partial charge in [-0.2, -0.15) is 0 Å². The van der Waals surface area contributed by atoms with E-state index < -0.39 is 23.8 Å². The average Bonchev–Trinajstić information content (AvgIpc) is 2.92. The van der Waals surface area contributed by atoms with Crippen LogP contribution in [0.2, 0.25) is 0 Å². The summed E-state index contributed by atoms with van der Waals surface area (Å²) in [7, 11) is 1.54. The Labute approximate surface area is 134 Å². The van der Waals surface area contributed by atoms with Crippen molar-refractivity contribution in [1.82, 2.24) is 10.2 Å². The van der Waals surface area contributed by atoms with Gasteiger partial charge in [-0.25, -0.2) is 4.79 Å². The van der Waals surface area contributed by atoms with Crippen LogP contribution in [0.5, 0.6) is 0 Å². The number of nitrogens with zero attached hydrogens (tertiary/aromatic N) is 1. The molecule has 0 bridgehead atoms. The molecule has 1 aliphatic heterocycles. The zero-order chi connectivity index (χ0) is 16.8. The number of hydrogen-bond acceptors (Lipinski definition) is 4. The van der Waals surface area contributed by atoms with Gasteiger partial charge in [-0.1, -0.05) is 30.3 Å². The number of aliphatic carboxylic acids is 1. The quantitative estimate of drug-likeness (QED) is 0.759. The monoisotopic (exact) mass is 320 g/mol. The van der Waals surface area contributed by atoms with Crippen LogP contribution < -0.4 is 5.32 Å². The predicted octanol–water partition coefficient (Wildman–Crippen LogP) is 0.423. The molecule has 1 aliphatic rings. The van der Waals surface area contributed by atoms with Crippen molar-refractivity contribution in [3.63, 3.8) is 0 Å². The van der Waals surface area contributed by atoms with Gasteiger partial charge in [0.2, 0.25) is 11.8 Å². The highest BCUT2D eigenvalue weighted by Gasteiger charge is 2.35. The van der Waals surface area contributed by atoms with Crippen molar-refractivity contribution in [1.29, 1.82) is 0 Å². The van der Waals surface area contributed by atoms with E-state index in [0.717, 1.165) is 0 Å². The highest BCUT2D eigenvalue weighted by atomic mass is 16.5. The maximum atomic E-state index is 12.3. The molecule has 7 heteroatoms. The molecule has 124 valence electrons. The summed E-state index contributed by atoms with van der Waals surface area (Å²) in [6, 6.07) is 7.36. The lowest BCUT2D eigenvalue weighted by atomic mass is 10.0. The second-order valence-electron chi connectivity index (χ2n) is 5.42. The molecule has 2 amide bonds. The van der Waals surface area contributed by atoms with E-state index in [1.54, 1.807) is 42.3 Å². The molecule has 0 aliphatic carbocycles. The van der Waals surface area contributed by atoms with Gasteiger partial charge in [0.25, 0.3) is 0 Å². The molecular weight excluding hydrogens is 300 g/mol. The molecule has 0 radical (unpaired) electrons. The number of methoxy groups -OCH3 is 1. The van der Waals surface area contributed by atoms with E-state index in [-0.39, 0.29) is 18.9 Å². The van der Waals surface area contributed by atoms with Gasteiger partial charge in [0, 0.05) is 26.6 Å². The maximum Gasteiger partial charge on any atom is 0.330 e. The Morgan fingerprint density at radius 2 is 2.09 bits per heavy atom. The van der Waals surface area contributed by atoms with Crippen LogP contribution in [0.4, 0.5) is 0 Å². The zero-order valence-electron chi connectivity index (χ0n) is 12.9. The Morgan fingerprint density at radius 3 is 2.70 bits per heavy atom. The van der Waals surface area contributed by atoms with Crippen LogP contribution in [0.3, 0.4) is 0 Å². The van der Waals surface area contributed by atoms with Gasteiger partial charge in [-0.05, 0) is 5.56 Å². The van der Waals surface area contributed by atoms with Crippen molar-refractivity contribution < 1.29 is 24.2 Å². The summed E-state index contributed by atoms with van der Waals surface area (Å²) < 4.78 is 4.93. The fourth-order valence-corrected chi connectivity index (χ4v) is 2.56. The van der Waals surface area contributed by atoms with Gasteiger partial charge in [0.1, 0.15) is 0 Å². The van der Waals surface area contributed by atoms with Crippen LogP contribution in [0, 0.1) is 5.92 Å². The molecule has 1 aromatic carbocycles. The molecule has 7 nitrogen and oxygen atoms in total. The van der Waals surface area contributed by atoms with Gasteiger partial charge in [0.05, 0.1) is 12.5 Å². The molecule has 1 fully saturated rings. The van der Waals surface area contributed by atoms with Crippen LogP contribution in [0.25, 0.3) is 0 Å². The lowest BCUT2D eigenvalue weighted by Gasteiger charge is -2.18. The van der Waals surface area contributed by atoms with Crippen LogP contribution >= 0.6 is 0 Å². The van der Waals surface area contributed by atoms with Crippen molar-refractivity contribution in [3.8, 4) is 0 Å². The number of carboxylic acid groups (broad SMARTS) is 1. The number of benzene rings is 1. The van der Waals surface area contributed by atoms with E-state index >= 15 is 0 Å². The minimum Gasteiger partial charge on any atom is -0.479 e. The number of ether oxygens (including phenoxy) is 1. The summed E-state index contributed by atoms with van der Waals surface area (Å²) in [4.78, 5) is 37.1. The van der Waals surface area contributed by atoms with Crippen LogP contribution in [0.15, 0.2) is 30.3 Å². The number of nitrogens with one attached hydrogen (secondary N) is 1. The highest BCUT2D eigenvalue weighted by molar-refractivity contribution is 5.91. The van der Waals surface area contributed by atoms with E-state index in [0.29, 0.717) is 18.7 Å². The molecule has 1 heterocycles. The lowest BCUT2D eigenvalue weighted by Crippen LogP contribution is -2.39. The van der Waals surface area contributed by atoms with Crippen LogP contribution in [-0.4, -0.2) is 54.6 Å². The predicted molar refractivity (Wildman–Crippen MR) is 81.5 cm³/mol. The van der Waals surface area contributed by atoms with Crippen molar-refractivity contribution in [2.45, 2.75) is 12.5 Å².